The predicted octanol–water partition coefficient (Wildman–Crippen LogP) is 3.71. The van der Waals surface area contributed by atoms with Crippen molar-refractivity contribution in [2.24, 2.45) is 0 Å². The fraction of sp³-hybridized carbons (Fsp3) is 0.100. The molecule has 0 aliphatic heterocycles. The number of hydrogen-bond donors (Lipinski definition) is 0. The second-order valence-corrected chi connectivity index (χ2v) is 5.03. The highest BCUT2D eigenvalue weighted by Crippen LogP contribution is 2.33. The summed E-state index contributed by atoms with van der Waals surface area (Å²) in [7, 11) is 0. The molecule has 0 bridgehead atoms. The third-order valence-electron chi connectivity index (χ3n) is 1.90. The van der Waals surface area contributed by atoms with E-state index in [4.69, 9.17) is 5.26 Å². The van der Waals surface area contributed by atoms with Crippen LogP contribution in [0.4, 0.5) is 4.39 Å². The molecule has 2 aromatic rings. The molecule has 0 aliphatic carbocycles. The van der Waals surface area contributed by atoms with Gasteiger partial charge >= 0.3 is 0 Å². The van der Waals surface area contributed by atoms with Crippen molar-refractivity contribution in [2.75, 3.05) is 0 Å². The highest BCUT2D eigenvalue weighted by Gasteiger charge is 2.09. The summed E-state index contributed by atoms with van der Waals surface area (Å²) in [5, 5.41) is 9.65. The average Bonchev–Trinajstić information content (AvgIpc) is 2.44. The van der Waals surface area contributed by atoms with Gasteiger partial charge in [-0.3, -0.25) is 0 Å². The topological polar surface area (TPSA) is 23.8 Å². The van der Waals surface area contributed by atoms with E-state index >= 15 is 0 Å². The second kappa shape index (κ2) is 3.83. The molecule has 70 valence electrons. The molecule has 0 saturated carbocycles. The molecule has 0 radical (unpaired) electrons. The van der Waals surface area contributed by atoms with E-state index in [1.54, 1.807) is 6.07 Å². The molecule has 1 heterocycles. The molecule has 2 rings (SSSR count). The number of nitrogens with zero attached hydrogens (tertiary/aromatic N) is 1. The number of halogens is 2. The van der Waals surface area contributed by atoms with Gasteiger partial charge in [0.2, 0.25) is 0 Å². The van der Waals surface area contributed by atoms with Gasteiger partial charge in [0.15, 0.2) is 0 Å². The van der Waals surface area contributed by atoms with E-state index < -0.39 is 0 Å². The van der Waals surface area contributed by atoms with E-state index in [0.717, 1.165) is 18.5 Å². The zero-order chi connectivity index (χ0) is 10.1. The molecule has 0 spiro atoms. The first-order chi connectivity index (χ1) is 6.72. The molecule has 0 saturated heterocycles. The first-order valence-corrected chi connectivity index (χ1v) is 5.85. The van der Waals surface area contributed by atoms with Crippen molar-refractivity contribution in [1.82, 2.24) is 0 Å². The van der Waals surface area contributed by atoms with Gasteiger partial charge in [0.25, 0.3) is 0 Å². The Hall–Kier alpha value is -0.670. The van der Waals surface area contributed by atoms with Crippen LogP contribution in [0.5, 0.6) is 0 Å². The van der Waals surface area contributed by atoms with Crippen LogP contribution >= 0.6 is 33.9 Å². The monoisotopic (exact) mass is 317 g/mol. The summed E-state index contributed by atoms with van der Waals surface area (Å²) < 4.78 is 14.9. The minimum atomic E-state index is -0.223. The van der Waals surface area contributed by atoms with Crippen molar-refractivity contribution < 1.29 is 4.39 Å². The summed E-state index contributed by atoms with van der Waals surface area (Å²) in [6.45, 7) is 0. The van der Waals surface area contributed by atoms with Crippen LogP contribution in [0.15, 0.2) is 18.2 Å². The van der Waals surface area contributed by atoms with Gasteiger partial charge in [-0.25, -0.2) is 4.39 Å². The Morgan fingerprint density at radius 3 is 3.00 bits per heavy atom. The largest absolute Gasteiger partial charge is 0.207 e. The van der Waals surface area contributed by atoms with Crippen molar-refractivity contribution in [1.29, 1.82) is 5.26 Å². The highest BCUT2D eigenvalue weighted by molar-refractivity contribution is 14.1. The van der Waals surface area contributed by atoms with Crippen molar-refractivity contribution in [2.45, 2.75) is 6.42 Å². The highest BCUT2D eigenvalue weighted by atomic mass is 127. The molecule has 0 unspecified atom stereocenters. The lowest BCUT2D eigenvalue weighted by Crippen LogP contribution is -1.77. The number of nitriles is 1. The van der Waals surface area contributed by atoms with E-state index in [-0.39, 0.29) is 5.82 Å². The normalized spacial score (nSPS) is 10.4. The van der Waals surface area contributed by atoms with Gasteiger partial charge in [0.05, 0.1) is 12.5 Å². The minimum Gasteiger partial charge on any atom is -0.207 e. The predicted molar refractivity (Wildman–Crippen MR) is 63.8 cm³/mol. The zero-order valence-electron chi connectivity index (χ0n) is 7.05. The van der Waals surface area contributed by atoms with E-state index in [9.17, 15) is 4.39 Å². The van der Waals surface area contributed by atoms with E-state index in [2.05, 4.69) is 28.7 Å². The van der Waals surface area contributed by atoms with Crippen molar-refractivity contribution in [3.63, 3.8) is 0 Å². The van der Waals surface area contributed by atoms with Crippen LogP contribution in [-0.4, -0.2) is 0 Å². The lowest BCUT2D eigenvalue weighted by atomic mass is 10.2. The lowest BCUT2D eigenvalue weighted by Gasteiger charge is -1.90. The van der Waals surface area contributed by atoms with Gasteiger partial charge in [-0.1, -0.05) is 0 Å². The van der Waals surface area contributed by atoms with Crippen molar-refractivity contribution in [3.8, 4) is 6.07 Å². The van der Waals surface area contributed by atoms with E-state index in [1.165, 1.54) is 23.5 Å². The quantitative estimate of drug-likeness (QED) is 0.736. The van der Waals surface area contributed by atoms with Gasteiger partial charge in [0.1, 0.15) is 5.82 Å². The maximum absolute atomic E-state index is 12.9. The summed E-state index contributed by atoms with van der Waals surface area (Å²) in [4.78, 5) is 1.02. The van der Waals surface area contributed by atoms with Gasteiger partial charge in [-0.05, 0) is 40.8 Å². The first kappa shape index (κ1) is 9.87. The number of hydrogen-bond acceptors (Lipinski definition) is 2. The number of fused-ring (bicyclic) bond motifs is 1. The van der Waals surface area contributed by atoms with Gasteiger partial charge in [0, 0.05) is 18.5 Å². The van der Waals surface area contributed by atoms with Gasteiger partial charge < -0.3 is 0 Å². The Balaban J connectivity index is 2.68. The maximum atomic E-state index is 12.9. The summed E-state index contributed by atoms with van der Waals surface area (Å²) in [6, 6.07) is 6.85. The molecule has 0 atom stereocenters. The van der Waals surface area contributed by atoms with Crippen molar-refractivity contribution in [3.05, 3.63) is 32.5 Å². The van der Waals surface area contributed by atoms with Crippen LogP contribution in [0.25, 0.3) is 10.1 Å². The van der Waals surface area contributed by atoms with E-state index in [1.807, 2.05) is 0 Å². The SMILES string of the molecule is N#CCc1sc2cc(F)ccc2c1I. The fourth-order valence-electron chi connectivity index (χ4n) is 1.28. The molecular formula is C10H5FINS. The minimum absolute atomic E-state index is 0.223. The smallest absolute Gasteiger partial charge is 0.124 e. The molecule has 14 heavy (non-hydrogen) atoms. The molecule has 1 aromatic heterocycles. The molecule has 0 aliphatic rings. The Morgan fingerprint density at radius 2 is 2.29 bits per heavy atom. The van der Waals surface area contributed by atoms with Crippen LogP contribution in [0.3, 0.4) is 0 Å². The van der Waals surface area contributed by atoms with Gasteiger partial charge in [-0.15, -0.1) is 11.3 Å². The Morgan fingerprint density at radius 1 is 1.50 bits per heavy atom. The van der Waals surface area contributed by atoms with Crippen LogP contribution in [0.1, 0.15) is 4.88 Å². The summed E-state index contributed by atoms with van der Waals surface area (Å²) in [5.74, 6) is -0.223. The zero-order valence-corrected chi connectivity index (χ0v) is 10.0. The average molecular weight is 317 g/mol. The molecule has 1 aromatic carbocycles. The molecule has 0 amide bonds. The fourth-order valence-corrected chi connectivity index (χ4v) is 3.50. The van der Waals surface area contributed by atoms with Crippen LogP contribution < -0.4 is 0 Å². The van der Waals surface area contributed by atoms with E-state index in [0.29, 0.717) is 6.42 Å². The molecular weight excluding hydrogens is 312 g/mol. The lowest BCUT2D eigenvalue weighted by molar-refractivity contribution is 0.630. The third kappa shape index (κ3) is 1.62. The standard InChI is InChI=1S/C10H5FINS/c11-6-1-2-7-9(5-6)14-8(3-4-13)10(7)12/h1-2,5H,3H2. The van der Waals surface area contributed by atoms with Crippen molar-refractivity contribution >= 4 is 44.0 Å². The second-order valence-electron chi connectivity index (χ2n) is 2.81. The third-order valence-corrected chi connectivity index (χ3v) is 4.65. The summed E-state index contributed by atoms with van der Waals surface area (Å²) in [5.41, 5.74) is 0. The number of thiophene rings is 1. The first-order valence-electron chi connectivity index (χ1n) is 3.95. The molecule has 4 heteroatoms. The molecule has 0 N–H and O–H groups in total. The maximum Gasteiger partial charge on any atom is 0.124 e. The summed E-state index contributed by atoms with van der Waals surface area (Å²) in [6.07, 6.45) is 0.402. The van der Waals surface area contributed by atoms with Crippen LogP contribution in [-0.2, 0) is 6.42 Å². The summed E-state index contributed by atoms with van der Waals surface area (Å²) >= 11 is 3.70. The van der Waals surface area contributed by atoms with Crippen LogP contribution in [0, 0.1) is 20.7 Å². The number of benzene rings is 1. The Bertz CT molecular complexity index is 527. The van der Waals surface area contributed by atoms with Crippen LogP contribution in [0.2, 0.25) is 0 Å². The molecule has 0 fully saturated rings. The Kier molecular flexibility index (Phi) is 2.70. The Labute approximate surface area is 98.3 Å². The molecule has 1 nitrogen and oxygen atoms in total. The number of rotatable bonds is 1. The van der Waals surface area contributed by atoms with Gasteiger partial charge in [-0.2, -0.15) is 5.26 Å².